The highest BCUT2D eigenvalue weighted by Gasteiger charge is 2.16. The molecule has 0 amide bonds. The Bertz CT molecular complexity index is 478. The minimum Gasteiger partial charge on any atom is -0.309 e. The van der Waals surface area contributed by atoms with Crippen LogP contribution in [0.1, 0.15) is 23.4 Å². The van der Waals surface area contributed by atoms with Crippen LogP contribution in [-0.4, -0.2) is 16.3 Å². The van der Waals surface area contributed by atoms with Crippen LogP contribution in [0.5, 0.6) is 0 Å². The van der Waals surface area contributed by atoms with Crippen LogP contribution < -0.4 is 5.32 Å². The minimum atomic E-state index is 0.360. The highest BCUT2D eigenvalue weighted by molar-refractivity contribution is 9.10. The van der Waals surface area contributed by atoms with Crippen molar-refractivity contribution >= 4 is 27.3 Å². The predicted octanol–water partition coefficient (Wildman–Crippen LogP) is 3.14. The van der Waals surface area contributed by atoms with E-state index in [1.165, 1.54) is 14.9 Å². The average molecular weight is 314 g/mol. The molecule has 1 unspecified atom stereocenters. The van der Waals surface area contributed by atoms with Crippen molar-refractivity contribution in [2.45, 2.75) is 19.4 Å². The van der Waals surface area contributed by atoms with E-state index in [1.807, 2.05) is 17.9 Å². The molecule has 2 aromatic rings. The maximum Gasteiger partial charge on any atom is 0.0522 e. The number of hydrogen-bond acceptors (Lipinski definition) is 3. The molecule has 0 spiro atoms. The summed E-state index contributed by atoms with van der Waals surface area (Å²) in [5.74, 6) is 0. The summed E-state index contributed by atoms with van der Waals surface area (Å²) < 4.78 is 3.04. The first-order valence-electron chi connectivity index (χ1n) is 5.64. The molecule has 0 saturated heterocycles. The van der Waals surface area contributed by atoms with Crippen LogP contribution in [0.4, 0.5) is 0 Å². The number of likely N-dealkylation sites (N-methyl/N-ethyl adjacent to an activating group) is 1. The zero-order valence-electron chi connectivity index (χ0n) is 9.98. The molecule has 0 radical (unpaired) electrons. The van der Waals surface area contributed by atoms with Crippen molar-refractivity contribution in [3.05, 3.63) is 38.8 Å². The summed E-state index contributed by atoms with van der Waals surface area (Å²) in [7, 11) is 1.95. The van der Waals surface area contributed by atoms with E-state index in [0.29, 0.717) is 6.04 Å². The lowest BCUT2D eigenvalue weighted by Gasteiger charge is -2.16. The van der Waals surface area contributed by atoms with Crippen molar-refractivity contribution in [3.63, 3.8) is 0 Å². The van der Waals surface area contributed by atoms with E-state index in [9.17, 15) is 0 Å². The lowest BCUT2D eigenvalue weighted by atomic mass is 10.1. The van der Waals surface area contributed by atoms with Gasteiger partial charge >= 0.3 is 0 Å². The van der Waals surface area contributed by atoms with Crippen LogP contribution in [0.15, 0.2) is 28.3 Å². The second kappa shape index (κ2) is 5.80. The first kappa shape index (κ1) is 12.8. The number of hydrogen-bond donors (Lipinski definition) is 1. The molecule has 17 heavy (non-hydrogen) atoms. The predicted molar refractivity (Wildman–Crippen MR) is 75.3 cm³/mol. The molecule has 0 saturated carbocycles. The number of nitrogens with one attached hydrogen (secondary N) is 1. The molecule has 2 rings (SSSR count). The van der Waals surface area contributed by atoms with Crippen LogP contribution in [-0.2, 0) is 13.5 Å². The molecule has 1 N–H and O–H groups in total. The fourth-order valence-corrected chi connectivity index (χ4v) is 3.60. The number of thiophene rings is 1. The van der Waals surface area contributed by atoms with Gasteiger partial charge in [-0.05, 0) is 45.9 Å². The number of aromatic nitrogens is 2. The largest absolute Gasteiger partial charge is 0.309 e. The molecule has 0 aliphatic rings. The lowest BCUT2D eigenvalue weighted by Crippen LogP contribution is -2.22. The maximum absolute atomic E-state index is 4.21. The van der Waals surface area contributed by atoms with E-state index in [1.54, 1.807) is 11.3 Å². The van der Waals surface area contributed by atoms with Gasteiger partial charge in [-0.2, -0.15) is 5.10 Å². The molecule has 2 aromatic heterocycles. The smallest absolute Gasteiger partial charge is 0.0522 e. The Kier molecular flexibility index (Phi) is 4.36. The Morgan fingerprint density at radius 3 is 2.94 bits per heavy atom. The number of rotatable bonds is 5. The third kappa shape index (κ3) is 3.18. The van der Waals surface area contributed by atoms with Gasteiger partial charge in [-0.25, -0.2) is 0 Å². The van der Waals surface area contributed by atoms with Crippen molar-refractivity contribution in [1.82, 2.24) is 15.1 Å². The fourth-order valence-electron chi connectivity index (χ4n) is 1.87. The zero-order chi connectivity index (χ0) is 12.3. The molecule has 1 atom stereocenters. The first-order chi connectivity index (χ1) is 8.20. The van der Waals surface area contributed by atoms with E-state index in [2.05, 4.69) is 50.9 Å². The summed E-state index contributed by atoms with van der Waals surface area (Å²) in [5.41, 5.74) is 1.26. The normalized spacial score (nSPS) is 12.9. The summed E-state index contributed by atoms with van der Waals surface area (Å²) in [6.45, 7) is 3.10. The molecule has 3 nitrogen and oxygen atoms in total. The Morgan fingerprint density at radius 2 is 2.41 bits per heavy atom. The SMILES string of the molecule is CCNC(Cc1cnn(C)c1)c1sccc1Br. The number of aryl methyl sites for hydroxylation is 1. The lowest BCUT2D eigenvalue weighted by molar-refractivity contribution is 0.556. The van der Waals surface area contributed by atoms with E-state index in [4.69, 9.17) is 0 Å². The quantitative estimate of drug-likeness (QED) is 0.919. The van der Waals surface area contributed by atoms with Gasteiger partial charge in [-0.1, -0.05) is 6.92 Å². The molecule has 92 valence electrons. The number of halogens is 1. The van der Waals surface area contributed by atoms with Crippen LogP contribution in [0.25, 0.3) is 0 Å². The molecule has 0 bridgehead atoms. The summed E-state index contributed by atoms with van der Waals surface area (Å²) in [6, 6.07) is 2.46. The second-order valence-electron chi connectivity index (χ2n) is 3.97. The first-order valence-corrected chi connectivity index (χ1v) is 7.31. The van der Waals surface area contributed by atoms with Gasteiger partial charge in [-0.15, -0.1) is 11.3 Å². The van der Waals surface area contributed by atoms with Crippen LogP contribution in [0, 0.1) is 0 Å². The van der Waals surface area contributed by atoms with E-state index >= 15 is 0 Å². The Labute approximate surface area is 114 Å². The van der Waals surface area contributed by atoms with Crippen LogP contribution in [0.3, 0.4) is 0 Å². The fraction of sp³-hybridized carbons (Fsp3) is 0.417. The van der Waals surface area contributed by atoms with Gasteiger partial charge in [0.15, 0.2) is 0 Å². The zero-order valence-corrected chi connectivity index (χ0v) is 12.4. The van der Waals surface area contributed by atoms with E-state index < -0.39 is 0 Å². The van der Waals surface area contributed by atoms with Crippen molar-refractivity contribution in [2.24, 2.45) is 7.05 Å². The topological polar surface area (TPSA) is 29.9 Å². The molecule has 0 fully saturated rings. The minimum absolute atomic E-state index is 0.360. The maximum atomic E-state index is 4.21. The van der Waals surface area contributed by atoms with E-state index in [0.717, 1.165) is 13.0 Å². The van der Waals surface area contributed by atoms with Gasteiger partial charge < -0.3 is 5.32 Å². The Hall–Kier alpha value is -0.650. The molecule has 2 heterocycles. The highest BCUT2D eigenvalue weighted by atomic mass is 79.9. The molecule has 5 heteroatoms. The molecular weight excluding hydrogens is 298 g/mol. The van der Waals surface area contributed by atoms with Crippen molar-refractivity contribution in [1.29, 1.82) is 0 Å². The third-order valence-electron chi connectivity index (χ3n) is 2.61. The van der Waals surface area contributed by atoms with Gasteiger partial charge in [0, 0.05) is 28.6 Å². The van der Waals surface area contributed by atoms with Crippen molar-refractivity contribution in [3.8, 4) is 0 Å². The van der Waals surface area contributed by atoms with Crippen LogP contribution >= 0.6 is 27.3 Å². The summed E-state index contributed by atoms with van der Waals surface area (Å²) in [6.07, 6.45) is 4.98. The summed E-state index contributed by atoms with van der Waals surface area (Å²) >= 11 is 5.39. The second-order valence-corrected chi connectivity index (χ2v) is 5.77. The standard InChI is InChI=1S/C12H16BrN3S/c1-3-14-11(12-10(13)4-5-17-12)6-9-7-15-16(2)8-9/h4-5,7-8,11,14H,3,6H2,1-2H3. The van der Waals surface area contributed by atoms with E-state index in [-0.39, 0.29) is 0 Å². The molecular formula is C12H16BrN3S. The third-order valence-corrected chi connectivity index (χ3v) is 4.59. The molecule has 0 aliphatic carbocycles. The monoisotopic (exact) mass is 313 g/mol. The van der Waals surface area contributed by atoms with Crippen molar-refractivity contribution in [2.75, 3.05) is 6.54 Å². The van der Waals surface area contributed by atoms with Gasteiger partial charge in [0.25, 0.3) is 0 Å². The molecule has 0 aromatic carbocycles. The van der Waals surface area contributed by atoms with Gasteiger partial charge in [0.1, 0.15) is 0 Å². The highest BCUT2D eigenvalue weighted by Crippen LogP contribution is 2.30. The van der Waals surface area contributed by atoms with Gasteiger partial charge in [0.05, 0.1) is 6.20 Å². The molecule has 0 aliphatic heterocycles. The average Bonchev–Trinajstić information content (AvgIpc) is 2.87. The van der Waals surface area contributed by atoms with Gasteiger partial charge in [-0.3, -0.25) is 4.68 Å². The van der Waals surface area contributed by atoms with Crippen LogP contribution in [0.2, 0.25) is 0 Å². The van der Waals surface area contributed by atoms with Gasteiger partial charge in [0.2, 0.25) is 0 Å². The van der Waals surface area contributed by atoms with Crippen molar-refractivity contribution < 1.29 is 0 Å². The Morgan fingerprint density at radius 1 is 1.59 bits per heavy atom. The Balaban J connectivity index is 2.15. The summed E-state index contributed by atoms with van der Waals surface area (Å²) in [4.78, 5) is 1.36. The summed E-state index contributed by atoms with van der Waals surface area (Å²) in [5, 5.41) is 9.86. The number of nitrogens with zero attached hydrogens (tertiary/aromatic N) is 2.